The van der Waals surface area contributed by atoms with Gasteiger partial charge in [-0.05, 0) is 79.8 Å². The average Bonchev–Trinajstić information content (AvgIpc) is 3.46. The lowest BCUT2D eigenvalue weighted by atomic mass is 9.49. The molecule has 0 bridgehead atoms. The molecule has 48 heavy (non-hydrogen) atoms. The Labute approximate surface area is 287 Å². The SMILES string of the molecule is CCN1C(=O)[C@H]2[C@H](CC=C3[C@H]2C[C@H]2C(=O)N(Nc4ccc(Cl)cc4Cl)C(=O)[C@@]2(c2ccc(OC)cc2)[C@H]3c2cc(OC)ccc2O)C1=O. The van der Waals surface area contributed by atoms with Gasteiger partial charge in [0.05, 0.1) is 48.1 Å². The van der Waals surface area contributed by atoms with Crippen LogP contribution in [-0.2, 0) is 24.6 Å². The molecule has 6 atom stereocenters. The maximum atomic E-state index is 15.2. The number of rotatable bonds is 7. The standard InChI is InChI=1S/C36H33Cl2N3O7/c1-4-40-32(43)23-12-11-22-24(30(23)34(40)45)17-26-33(44)41(39-28-13-7-19(37)15-27(28)38)35(46)36(26,18-5-8-20(47-2)9-6-18)31(22)25-16-21(48-3)10-14-29(25)42/h5-11,13-16,23-24,26,30-31,39,42H,4,12,17H2,1-3H3/t23-,24+,26-,30-,31+,36+/m0/s1. The van der Waals surface area contributed by atoms with Crippen molar-refractivity contribution < 1.29 is 33.8 Å². The predicted molar refractivity (Wildman–Crippen MR) is 178 cm³/mol. The quantitative estimate of drug-likeness (QED) is 0.238. The number of phenolic OH excluding ortho intramolecular Hbond substituents is 1. The van der Waals surface area contributed by atoms with Crippen molar-refractivity contribution >= 4 is 52.5 Å². The van der Waals surface area contributed by atoms with Crippen molar-refractivity contribution in [2.75, 3.05) is 26.2 Å². The van der Waals surface area contributed by atoms with Crippen molar-refractivity contribution in [2.45, 2.75) is 31.1 Å². The molecule has 2 aliphatic carbocycles. The number of fused-ring (bicyclic) bond motifs is 4. The van der Waals surface area contributed by atoms with Crippen LogP contribution in [0.2, 0.25) is 10.0 Å². The zero-order valence-electron chi connectivity index (χ0n) is 26.4. The molecular weight excluding hydrogens is 657 g/mol. The number of nitrogens with zero attached hydrogens (tertiary/aromatic N) is 2. The van der Waals surface area contributed by atoms with Crippen LogP contribution in [0.3, 0.4) is 0 Å². The first-order chi connectivity index (χ1) is 23.1. The number of halogens is 2. The molecular formula is C36H33Cl2N3O7. The van der Waals surface area contributed by atoms with E-state index in [1.165, 1.54) is 31.3 Å². The number of anilines is 1. The molecule has 2 N–H and O–H groups in total. The number of carbonyl (C=O) groups is 4. The number of methoxy groups -OCH3 is 2. The predicted octanol–water partition coefficient (Wildman–Crippen LogP) is 5.72. The van der Waals surface area contributed by atoms with Crippen LogP contribution < -0.4 is 14.9 Å². The number of hydrazine groups is 1. The van der Waals surface area contributed by atoms with E-state index in [1.54, 1.807) is 55.5 Å². The Morgan fingerprint density at radius 1 is 0.896 bits per heavy atom. The smallest absolute Gasteiger partial charge is 0.260 e. The second-order valence-corrected chi connectivity index (χ2v) is 13.4. The van der Waals surface area contributed by atoms with Crippen LogP contribution in [-0.4, -0.2) is 59.4 Å². The van der Waals surface area contributed by atoms with E-state index in [0.717, 1.165) is 10.6 Å². The maximum Gasteiger partial charge on any atom is 0.260 e. The lowest BCUT2D eigenvalue weighted by Crippen LogP contribution is -2.53. The number of carbonyl (C=O) groups excluding carboxylic acids is 4. The minimum Gasteiger partial charge on any atom is -0.508 e. The van der Waals surface area contributed by atoms with Crippen LogP contribution in [0, 0.1) is 23.7 Å². The van der Waals surface area contributed by atoms with Crippen molar-refractivity contribution in [1.29, 1.82) is 0 Å². The summed E-state index contributed by atoms with van der Waals surface area (Å²) in [7, 11) is 3.03. The van der Waals surface area contributed by atoms with Crippen molar-refractivity contribution in [3.63, 3.8) is 0 Å². The topological polar surface area (TPSA) is 125 Å². The Hall–Kier alpha value is -4.54. The monoisotopic (exact) mass is 689 g/mol. The number of allylic oxidation sites excluding steroid dienone is 2. The third kappa shape index (κ3) is 4.53. The van der Waals surface area contributed by atoms with Gasteiger partial charge in [-0.15, -0.1) is 0 Å². The van der Waals surface area contributed by atoms with Gasteiger partial charge in [0.1, 0.15) is 17.2 Å². The second-order valence-electron chi connectivity index (χ2n) is 12.6. The molecule has 10 nitrogen and oxygen atoms in total. The van der Waals surface area contributed by atoms with Crippen molar-refractivity contribution in [3.05, 3.63) is 93.5 Å². The van der Waals surface area contributed by atoms with Crippen LogP contribution in [0.1, 0.15) is 36.8 Å². The number of ether oxygens (including phenoxy) is 2. The highest BCUT2D eigenvalue weighted by atomic mass is 35.5. The Balaban J connectivity index is 1.49. The number of aromatic hydroxyl groups is 1. The molecule has 2 aliphatic heterocycles. The summed E-state index contributed by atoms with van der Waals surface area (Å²) >= 11 is 12.6. The summed E-state index contributed by atoms with van der Waals surface area (Å²) < 4.78 is 11.0. The van der Waals surface area contributed by atoms with E-state index in [0.29, 0.717) is 33.3 Å². The lowest BCUT2D eigenvalue weighted by molar-refractivity contribution is -0.141. The van der Waals surface area contributed by atoms with E-state index in [2.05, 4.69) is 5.43 Å². The first kappa shape index (κ1) is 32.0. The molecule has 0 radical (unpaired) electrons. The summed E-state index contributed by atoms with van der Waals surface area (Å²) in [5.41, 5.74) is 3.27. The molecule has 0 unspecified atom stereocenters. The normalized spacial score (nSPS) is 27.8. The molecule has 3 fully saturated rings. The van der Waals surface area contributed by atoms with Crippen LogP contribution in [0.5, 0.6) is 17.2 Å². The van der Waals surface area contributed by atoms with Gasteiger partial charge in [0, 0.05) is 23.0 Å². The van der Waals surface area contributed by atoms with Gasteiger partial charge in [0.2, 0.25) is 11.8 Å². The fourth-order valence-corrected chi connectivity index (χ4v) is 8.91. The van der Waals surface area contributed by atoms with Gasteiger partial charge < -0.3 is 14.6 Å². The number of imide groups is 2. The van der Waals surface area contributed by atoms with Gasteiger partial charge >= 0.3 is 0 Å². The molecule has 4 aliphatic rings. The fourth-order valence-electron chi connectivity index (χ4n) is 8.46. The lowest BCUT2D eigenvalue weighted by Gasteiger charge is -2.50. The zero-order chi connectivity index (χ0) is 34.1. The van der Waals surface area contributed by atoms with Crippen molar-refractivity contribution in [3.8, 4) is 17.2 Å². The van der Waals surface area contributed by atoms with Gasteiger partial charge in [-0.2, -0.15) is 5.01 Å². The molecule has 2 heterocycles. The van der Waals surface area contributed by atoms with Gasteiger partial charge in [-0.3, -0.25) is 29.5 Å². The van der Waals surface area contributed by atoms with Crippen molar-refractivity contribution in [2.24, 2.45) is 23.7 Å². The summed E-state index contributed by atoms with van der Waals surface area (Å²) in [6, 6.07) is 16.4. The van der Waals surface area contributed by atoms with Crippen LogP contribution in [0.15, 0.2) is 72.3 Å². The van der Waals surface area contributed by atoms with Crippen LogP contribution in [0.4, 0.5) is 5.69 Å². The summed E-state index contributed by atoms with van der Waals surface area (Å²) in [5.74, 6) is -4.50. The van der Waals surface area contributed by atoms with E-state index in [9.17, 15) is 19.5 Å². The molecule has 4 amide bonds. The van der Waals surface area contributed by atoms with Gasteiger partial charge in [-0.1, -0.05) is 47.0 Å². The minimum atomic E-state index is -1.59. The highest BCUT2D eigenvalue weighted by Crippen LogP contribution is 2.65. The summed E-state index contributed by atoms with van der Waals surface area (Å²) in [4.78, 5) is 58.5. The molecule has 12 heteroatoms. The molecule has 2 saturated heterocycles. The first-order valence-electron chi connectivity index (χ1n) is 15.7. The van der Waals surface area contributed by atoms with Gasteiger partial charge in [-0.25, -0.2) is 0 Å². The molecule has 0 spiro atoms. The molecule has 248 valence electrons. The summed E-state index contributed by atoms with van der Waals surface area (Å²) in [6.07, 6.45) is 2.34. The van der Waals surface area contributed by atoms with E-state index in [1.807, 2.05) is 6.08 Å². The number of hydrogen-bond acceptors (Lipinski definition) is 8. The van der Waals surface area contributed by atoms with E-state index in [4.69, 9.17) is 32.7 Å². The Bertz CT molecular complexity index is 1900. The number of phenols is 1. The zero-order valence-corrected chi connectivity index (χ0v) is 27.9. The molecule has 0 aromatic heterocycles. The average molecular weight is 691 g/mol. The van der Waals surface area contributed by atoms with Crippen LogP contribution >= 0.6 is 23.2 Å². The molecule has 1 saturated carbocycles. The third-order valence-corrected chi connectivity index (χ3v) is 11.1. The highest BCUT2D eigenvalue weighted by Gasteiger charge is 2.70. The van der Waals surface area contributed by atoms with Crippen LogP contribution in [0.25, 0.3) is 0 Å². The first-order valence-corrected chi connectivity index (χ1v) is 16.5. The Morgan fingerprint density at radius 2 is 1.60 bits per heavy atom. The molecule has 7 rings (SSSR count). The maximum absolute atomic E-state index is 15.2. The van der Waals surface area contributed by atoms with Gasteiger partial charge in [0.25, 0.3) is 11.8 Å². The highest BCUT2D eigenvalue weighted by molar-refractivity contribution is 6.36. The second kappa shape index (κ2) is 11.9. The molecule has 3 aromatic rings. The largest absolute Gasteiger partial charge is 0.508 e. The summed E-state index contributed by atoms with van der Waals surface area (Å²) in [5, 5.41) is 13.1. The van der Waals surface area contributed by atoms with E-state index >= 15 is 4.79 Å². The fraction of sp³-hybridized carbons (Fsp3) is 0.333. The molecule has 3 aromatic carbocycles. The van der Waals surface area contributed by atoms with Gasteiger partial charge in [0.15, 0.2) is 0 Å². The number of nitrogens with one attached hydrogen (secondary N) is 1. The van der Waals surface area contributed by atoms with E-state index in [-0.39, 0.29) is 42.0 Å². The Kier molecular flexibility index (Phi) is 7.91. The number of likely N-dealkylation sites (tertiary alicyclic amines) is 1. The van der Waals surface area contributed by atoms with E-state index < -0.39 is 46.8 Å². The number of benzene rings is 3. The number of amides is 4. The number of hydrogen-bond donors (Lipinski definition) is 2. The van der Waals surface area contributed by atoms with Crippen molar-refractivity contribution in [1.82, 2.24) is 9.91 Å². The Morgan fingerprint density at radius 3 is 2.27 bits per heavy atom. The minimum absolute atomic E-state index is 0.104. The summed E-state index contributed by atoms with van der Waals surface area (Å²) in [6.45, 7) is 2.00. The third-order valence-electron chi connectivity index (χ3n) is 10.5.